The summed E-state index contributed by atoms with van der Waals surface area (Å²) in [6, 6.07) is 2.04. The number of benzene rings is 1. The van der Waals surface area contributed by atoms with Crippen LogP contribution < -0.4 is 5.32 Å². The van der Waals surface area contributed by atoms with Crippen molar-refractivity contribution in [3.63, 3.8) is 0 Å². The van der Waals surface area contributed by atoms with Crippen molar-refractivity contribution in [2.45, 2.75) is 25.8 Å². The summed E-state index contributed by atoms with van der Waals surface area (Å²) in [5.41, 5.74) is -1.01. The van der Waals surface area contributed by atoms with Crippen LogP contribution in [0.3, 0.4) is 0 Å². The van der Waals surface area contributed by atoms with Crippen molar-refractivity contribution in [1.82, 2.24) is 0 Å². The van der Waals surface area contributed by atoms with Crippen LogP contribution in [0.5, 0.6) is 0 Å². The summed E-state index contributed by atoms with van der Waals surface area (Å²) >= 11 is 0. The second-order valence-electron chi connectivity index (χ2n) is 4.04. The van der Waals surface area contributed by atoms with Gasteiger partial charge >= 0.3 is 5.97 Å². The molecule has 9 nitrogen and oxygen atoms in total. The van der Waals surface area contributed by atoms with Crippen molar-refractivity contribution in [2.75, 3.05) is 5.32 Å². The topological polar surface area (TPSA) is 136 Å². The first-order valence-corrected chi connectivity index (χ1v) is 5.79. The number of carboxylic acids is 1. The van der Waals surface area contributed by atoms with Crippen LogP contribution in [0.2, 0.25) is 0 Å². The molecule has 108 valence electrons. The molecule has 0 heterocycles. The van der Waals surface area contributed by atoms with Crippen molar-refractivity contribution in [3.05, 3.63) is 38.4 Å². The zero-order valence-electron chi connectivity index (χ0n) is 10.6. The predicted molar refractivity (Wildman–Crippen MR) is 69.7 cm³/mol. The number of anilines is 1. The van der Waals surface area contributed by atoms with Gasteiger partial charge in [-0.2, -0.15) is 0 Å². The average molecular weight is 283 g/mol. The number of aliphatic carboxylic acids is 1. The van der Waals surface area contributed by atoms with Gasteiger partial charge in [-0.05, 0) is 12.5 Å². The molecule has 1 aromatic rings. The fourth-order valence-electron chi connectivity index (χ4n) is 1.64. The predicted octanol–water partition coefficient (Wildman–Crippen LogP) is 2.17. The molecule has 1 atom stereocenters. The monoisotopic (exact) mass is 283 g/mol. The van der Waals surface area contributed by atoms with E-state index in [1.54, 1.807) is 6.92 Å². The summed E-state index contributed by atoms with van der Waals surface area (Å²) in [5, 5.41) is 33.0. The highest BCUT2D eigenvalue weighted by Gasteiger charge is 2.23. The van der Waals surface area contributed by atoms with Gasteiger partial charge < -0.3 is 10.4 Å². The van der Waals surface area contributed by atoms with Crippen LogP contribution in [0.1, 0.15) is 19.8 Å². The molecule has 0 bridgehead atoms. The number of carboxylic acid groups (broad SMARTS) is 1. The van der Waals surface area contributed by atoms with Crippen LogP contribution in [0.4, 0.5) is 17.1 Å². The van der Waals surface area contributed by atoms with E-state index in [0.29, 0.717) is 6.42 Å². The Morgan fingerprint density at radius 2 is 2.00 bits per heavy atom. The van der Waals surface area contributed by atoms with Crippen molar-refractivity contribution < 1.29 is 19.7 Å². The standard InChI is InChI=1S/C11H13N3O6/c1-2-3-9(11(15)16)12-8-5-4-7(13(17)18)6-10(8)14(19)20/h4-6,9,12H,2-3H2,1H3,(H,15,16)/t9-/m1/s1. The van der Waals surface area contributed by atoms with E-state index in [1.165, 1.54) is 0 Å². The van der Waals surface area contributed by atoms with Crippen LogP contribution in [-0.4, -0.2) is 27.0 Å². The van der Waals surface area contributed by atoms with E-state index in [1.807, 2.05) is 0 Å². The van der Waals surface area contributed by atoms with E-state index in [0.717, 1.165) is 18.2 Å². The normalized spacial score (nSPS) is 11.7. The van der Waals surface area contributed by atoms with Crippen molar-refractivity contribution in [2.24, 2.45) is 0 Å². The van der Waals surface area contributed by atoms with E-state index in [-0.39, 0.29) is 12.1 Å². The lowest BCUT2D eigenvalue weighted by molar-refractivity contribution is -0.393. The maximum atomic E-state index is 11.0. The van der Waals surface area contributed by atoms with Crippen molar-refractivity contribution >= 4 is 23.0 Å². The molecule has 1 aromatic carbocycles. The number of nitrogens with zero attached hydrogens (tertiary/aromatic N) is 2. The van der Waals surface area contributed by atoms with Gasteiger partial charge in [0, 0.05) is 6.07 Å². The molecule has 0 unspecified atom stereocenters. The fraction of sp³-hybridized carbons (Fsp3) is 0.364. The summed E-state index contributed by atoms with van der Waals surface area (Å²) in [6.45, 7) is 1.78. The molecular weight excluding hydrogens is 270 g/mol. The molecule has 9 heteroatoms. The minimum Gasteiger partial charge on any atom is -0.480 e. The minimum absolute atomic E-state index is 0.0542. The molecule has 1 rings (SSSR count). The number of hydrogen-bond acceptors (Lipinski definition) is 6. The zero-order valence-corrected chi connectivity index (χ0v) is 10.6. The summed E-state index contributed by atoms with van der Waals surface area (Å²) in [6.07, 6.45) is 0.855. The van der Waals surface area contributed by atoms with Crippen LogP contribution in [0.15, 0.2) is 18.2 Å². The molecule has 0 saturated heterocycles. The van der Waals surface area contributed by atoms with Crippen LogP contribution in [-0.2, 0) is 4.79 Å². The quantitative estimate of drug-likeness (QED) is 0.578. The molecular formula is C11H13N3O6. The zero-order chi connectivity index (χ0) is 15.3. The molecule has 0 aliphatic heterocycles. The average Bonchev–Trinajstić information content (AvgIpc) is 2.37. The van der Waals surface area contributed by atoms with Gasteiger partial charge in [0.15, 0.2) is 0 Å². The smallest absolute Gasteiger partial charge is 0.326 e. The van der Waals surface area contributed by atoms with Crippen LogP contribution in [0, 0.1) is 20.2 Å². The molecule has 0 aliphatic rings. The Balaban J connectivity index is 3.13. The van der Waals surface area contributed by atoms with Gasteiger partial charge in [-0.25, -0.2) is 4.79 Å². The molecule has 0 radical (unpaired) electrons. The van der Waals surface area contributed by atoms with E-state index < -0.39 is 33.2 Å². The van der Waals surface area contributed by atoms with Gasteiger partial charge in [0.25, 0.3) is 11.4 Å². The Bertz CT molecular complexity index is 545. The third-order valence-electron chi connectivity index (χ3n) is 2.59. The first-order valence-electron chi connectivity index (χ1n) is 5.79. The Labute approximate surface area is 113 Å². The fourth-order valence-corrected chi connectivity index (χ4v) is 1.64. The van der Waals surface area contributed by atoms with Crippen molar-refractivity contribution in [3.8, 4) is 0 Å². The maximum Gasteiger partial charge on any atom is 0.326 e. The Kier molecular flexibility index (Phi) is 4.95. The number of nitro benzene ring substituents is 2. The Morgan fingerprint density at radius 3 is 2.45 bits per heavy atom. The molecule has 2 N–H and O–H groups in total. The van der Waals surface area contributed by atoms with Crippen LogP contribution in [0.25, 0.3) is 0 Å². The Hall–Kier alpha value is -2.71. The lowest BCUT2D eigenvalue weighted by Gasteiger charge is -2.14. The molecule has 0 aromatic heterocycles. The highest BCUT2D eigenvalue weighted by atomic mass is 16.6. The molecule has 0 fully saturated rings. The number of nitrogens with one attached hydrogen (secondary N) is 1. The molecule has 0 saturated carbocycles. The molecule has 0 spiro atoms. The van der Waals surface area contributed by atoms with E-state index in [9.17, 15) is 25.0 Å². The van der Waals surface area contributed by atoms with Crippen LogP contribution >= 0.6 is 0 Å². The largest absolute Gasteiger partial charge is 0.480 e. The number of non-ortho nitro benzene ring substituents is 1. The van der Waals surface area contributed by atoms with Gasteiger partial charge in [-0.1, -0.05) is 13.3 Å². The number of nitro groups is 2. The first kappa shape index (κ1) is 15.3. The van der Waals surface area contributed by atoms with E-state index in [4.69, 9.17) is 5.11 Å². The van der Waals surface area contributed by atoms with E-state index >= 15 is 0 Å². The SMILES string of the molecule is CCC[C@@H](Nc1ccc([N+](=O)[O-])cc1[N+](=O)[O-])C(=O)O. The summed E-state index contributed by atoms with van der Waals surface area (Å²) in [5.74, 6) is -1.14. The highest BCUT2D eigenvalue weighted by molar-refractivity contribution is 5.79. The lowest BCUT2D eigenvalue weighted by atomic mass is 10.1. The number of hydrogen-bond donors (Lipinski definition) is 2. The molecule has 20 heavy (non-hydrogen) atoms. The van der Waals surface area contributed by atoms with Gasteiger partial charge in [0.1, 0.15) is 11.7 Å². The summed E-state index contributed by atoms with van der Waals surface area (Å²) < 4.78 is 0. The Morgan fingerprint density at radius 1 is 1.35 bits per heavy atom. The number of carbonyl (C=O) groups is 1. The highest BCUT2D eigenvalue weighted by Crippen LogP contribution is 2.29. The second-order valence-corrected chi connectivity index (χ2v) is 4.04. The van der Waals surface area contributed by atoms with Gasteiger partial charge in [0.05, 0.1) is 15.9 Å². The van der Waals surface area contributed by atoms with Crippen molar-refractivity contribution in [1.29, 1.82) is 0 Å². The summed E-state index contributed by atoms with van der Waals surface area (Å²) in [7, 11) is 0. The van der Waals surface area contributed by atoms with E-state index in [2.05, 4.69) is 5.32 Å². The van der Waals surface area contributed by atoms with Gasteiger partial charge in [-0.3, -0.25) is 20.2 Å². The van der Waals surface area contributed by atoms with Gasteiger partial charge in [0.2, 0.25) is 0 Å². The van der Waals surface area contributed by atoms with Gasteiger partial charge in [-0.15, -0.1) is 0 Å². The minimum atomic E-state index is -1.14. The molecule has 0 amide bonds. The third-order valence-corrected chi connectivity index (χ3v) is 2.59. The maximum absolute atomic E-state index is 11.0. The first-order chi connectivity index (χ1) is 9.36. The third kappa shape index (κ3) is 3.64. The second kappa shape index (κ2) is 6.45. The summed E-state index contributed by atoms with van der Waals surface area (Å²) in [4.78, 5) is 31.0. The lowest BCUT2D eigenvalue weighted by Crippen LogP contribution is -2.29. The molecule has 0 aliphatic carbocycles. The number of rotatable bonds is 7.